The van der Waals surface area contributed by atoms with Crippen molar-refractivity contribution in [3.8, 4) is 11.3 Å². The van der Waals surface area contributed by atoms with Crippen LogP contribution < -0.4 is 0 Å². The van der Waals surface area contributed by atoms with Crippen LogP contribution in [-0.2, 0) is 11.2 Å². The number of nitrogens with one attached hydrogen (secondary N) is 3. The normalized spacial score (nSPS) is 15.0. The lowest BCUT2D eigenvalue weighted by Gasteiger charge is -2.32. The lowest BCUT2D eigenvalue weighted by Crippen LogP contribution is -2.38. The van der Waals surface area contributed by atoms with E-state index in [0.717, 1.165) is 59.4 Å². The first-order valence-electron chi connectivity index (χ1n) is 12.3. The van der Waals surface area contributed by atoms with Crippen LogP contribution in [0.2, 0.25) is 0 Å². The molecule has 0 atom stereocenters. The Balaban J connectivity index is 1.28. The smallest absolute Gasteiger partial charge is 0.228 e. The van der Waals surface area contributed by atoms with Crippen molar-refractivity contribution < 1.29 is 4.79 Å². The van der Waals surface area contributed by atoms with Crippen LogP contribution in [-0.4, -0.2) is 54.0 Å². The van der Waals surface area contributed by atoms with E-state index in [4.69, 9.17) is 0 Å². The minimum absolute atomic E-state index is 0.170. The molecular formula is C27H29N7O. The number of fused-ring (bicyclic) bond motifs is 2. The van der Waals surface area contributed by atoms with E-state index in [2.05, 4.69) is 68.2 Å². The molecule has 1 amide bonds. The van der Waals surface area contributed by atoms with E-state index in [-0.39, 0.29) is 5.91 Å². The summed E-state index contributed by atoms with van der Waals surface area (Å²) in [5, 5.41) is 9.47. The van der Waals surface area contributed by atoms with Crippen molar-refractivity contribution in [2.45, 2.75) is 44.9 Å². The van der Waals surface area contributed by atoms with Gasteiger partial charge in [0, 0.05) is 53.0 Å². The number of amides is 1. The predicted octanol–water partition coefficient (Wildman–Crippen LogP) is 4.90. The van der Waals surface area contributed by atoms with Crippen molar-refractivity contribution in [2.24, 2.45) is 0 Å². The Labute approximate surface area is 203 Å². The van der Waals surface area contributed by atoms with Crippen molar-refractivity contribution in [3.63, 3.8) is 0 Å². The van der Waals surface area contributed by atoms with Gasteiger partial charge in [-0.2, -0.15) is 5.10 Å². The van der Waals surface area contributed by atoms with Crippen molar-refractivity contribution >= 4 is 27.8 Å². The molecule has 35 heavy (non-hydrogen) atoms. The Bertz CT molecular complexity index is 1490. The molecular weight excluding hydrogens is 438 g/mol. The zero-order chi connectivity index (χ0) is 23.9. The number of imidazole rings is 1. The monoisotopic (exact) mass is 467 g/mol. The summed E-state index contributed by atoms with van der Waals surface area (Å²) in [5.74, 6) is 0.977. The topological polar surface area (TPSA) is 106 Å². The summed E-state index contributed by atoms with van der Waals surface area (Å²) in [6.07, 6.45) is 9.37. The van der Waals surface area contributed by atoms with E-state index in [1.165, 1.54) is 16.5 Å². The quantitative estimate of drug-likeness (QED) is 0.342. The van der Waals surface area contributed by atoms with Crippen molar-refractivity contribution in [1.82, 2.24) is 35.0 Å². The zero-order valence-electron chi connectivity index (χ0n) is 20.0. The summed E-state index contributed by atoms with van der Waals surface area (Å²) < 4.78 is 0. The van der Waals surface area contributed by atoms with E-state index in [9.17, 15) is 4.79 Å². The maximum Gasteiger partial charge on any atom is 0.228 e. The number of likely N-dealkylation sites (tertiary alicyclic amines) is 1. The number of carbonyl (C=O) groups is 1. The minimum Gasteiger partial charge on any atom is -0.354 e. The van der Waals surface area contributed by atoms with Gasteiger partial charge in [-0.05, 0) is 54.0 Å². The molecule has 178 valence electrons. The van der Waals surface area contributed by atoms with Gasteiger partial charge in [0.05, 0.1) is 24.6 Å². The van der Waals surface area contributed by atoms with Crippen LogP contribution in [0.15, 0.2) is 49.2 Å². The third-order valence-corrected chi connectivity index (χ3v) is 7.28. The molecule has 0 unspecified atom stereocenters. The fourth-order valence-corrected chi connectivity index (χ4v) is 5.48. The molecule has 1 saturated heterocycles. The lowest BCUT2D eigenvalue weighted by atomic mass is 9.87. The SMILES string of the molecule is CC(C)c1c(-c2ccnc3[nH]ncc23)[nH]c2ccc(C3CCN(C(=O)Cc4cnc[nH]4)CC3)cc12. The second-order valence-electron chi connectivity index (χ2n) is 9.77. The number of carbonyl (C=O) groups excluding carboxylic acids is 1. The molecule has 1 fully saturated rings. The van der Waals surface area contributed by atoms with Crippen molar-refractivity contribution in [3.05, 3.63) is 66.0 Å². The molecule has 0 aliphatic carbocycles. The highest BCUT2D eigenvalue weighted by Gasteiger charge is 2.25. The van der Waals surface area contributed by atoms with E-state index in [1.807, 2.05) is 17.3 Å². The Morgan fingerprint density at radius 1 is 1.14 bits per heavy atom. The molecule has 6 rings (SSSR count). The van der Waals surface area contributed by atoms with Gasteiger partial charge in [0.2, 0.25) is 5.91 Å². The maximum atomic E-state index is 12.7. The zero-order valence-corrected chi connectivity index (χ0v) is 20.0. The summed E-state index contributed by atoms with van der Waals surface area (Å²) in [6.45, 7) is 6.08. The van der Waals surface area contributed by atoms with Gasteiger partial charge < -0.3 is 14.9 Å². The number of piperidine rings is 1. The molecule has 0 bridgehead atoms. The van der Waals surface area contributed by atoms with Crippen LogP contribution in [0.3, 0.4) is 0 Å². The molecule has 5 heterocycles. The molecule has 1 aliphatic heterocycles. The summed E-state index contributed by atoms with van der Waals surface area (Å²) in [7, 11) is 0. The van der Waals surface area contributed by atoms with Crippen LogP contribution in [0.5, 0.6) is 0 Å². The molecule has 4 aromatic heterocycles. The van der Waals surface area contributed by atoms with Crippen LogP contribution in [0, 0.1) is 0 Å². The van der Waals surface area contributed by atoms with E-state index >= 15 is 0 Å². The number of hydrogen-bond acceptors (Lipinski definition) is 4. The molecule has 0 spiro atoms. The van der Waals surface area contributed by atoms with Crippen LogP contribution in [0.1, 0.15) is 55.3 Å². The number of benzene rings is 1. The third kappa shape index (κ3) is 3.88. The van der Waals surface area contributed by atoms with Crippen molar-refractivity contribution in [1.29, 1.82) is 0 Å². The minimum atomic E-state index is 0.170. The Morgan fingerprint density at radius 2 is 2.00 bits per heavy atom. The molecule has 5 aromatic rings. The Hall–Kier alpha value is -3.94. The first-order chi connectivity index (χ1) is 17.1. The number of aromatic amines is 3. The standard InChI is InChI=1S/C27H29N7O/c1-16(2)25-21-11-18(17-6-9-34(10-7-17)24(35)12-19-13-28-15-30-19)3-4-23(21)32-26(25)20-5-8-29-27-22(20)14-31-33-27/h3-5,8,11,13-17,32H,6-7,9-10,12H2,1-2H3,(H,28,30)(H,29,31,33). The molecule has 8 heteroatoms. The fourth-order valence-electron chi connectivity index (χ4n) is 5.48. The van der Waals surface area contributed by atoms with Crippen molar-refractivity contribution in [2.75, 3.05) is 13.1 Å². The highest BCUT2D eigenvalue weighted by Crippen LogP contribution is 2.39. The summed E-state index contributed by atoms with van der Waals surface area (Å²) >= 11 is 0. The van der Waals surface area contributed by atoms with Gasteiger partial charge >= 0.3 is 0 Å². The van der Waals surface area contributed by atoms with Crippen LogP contribution in [0.4, 0.5) is 0 Å². The van der Waals surface area contributed by atoms with Gasteiger partial charge in [-0.15, -0.1) is 0 Å². The first kappa shape index (κ1) is 21.6. The van der Waals surface area contributed by atoms with E-state index < -0.39 is 0 Å². The predicted molar refractivity (Wildman–Crippen MR) is 136 cm³/mol. The average molecular weight is 468 g/mol. The number of hydrogen-bond donors (Lipinski definition) is 3. The molecule has 8 nitrogen and oxygen atoms in total. The van der Waals surface area contributed by atoms with Gasteiger partial charge in [-0.3, -0.25) is 9.89 Å². The highest BCUT2D eigenvalue weighted by atomic mass is 16.2. The summed E-state index contributed by atoms with van der Waals surface area (Å²) in [6, 6.07) is 8.89. The maximum absolute atomic E-state index is 12.7. The number of aromatic nitrogens is 6. The lowest BCUT2D eigenvalue weighted by molar-refractivity contribution is -0.131. The van der Waals surface area contributed by atoms with Crippen LogP contribution >= 0.6 is 0 Å². The second-order valence-corrected chi connectivity index (χ2v) is 9.77. The molecule has 3 N–H and O–H groups in total. The second kappa shape index (κ2) is 8.69. The largest absolute Gasteiger partial charge is 0.354 e. The third-order valence-electron chi connectivity index (χ3n) is 7.28. The Kier molecular flexibility index (Phi) is 5.36. The summed E-state index contributed by atoms with van der Waals surface area (Å²) in [4.78, 5) is 29.8. The number of nitrogens with zero attached hydrogens (tertiary/aromatic N) is 4. The van der Waals surface area contributed by atoms with Crippen LogP contribution in [0.25, 0.3) is 33.2 Å². The van der Waals surface area contributed by atoms with Gasteiger partial charge in [-0.25, -0.2) is 9.97 Å². The molecule has 0 saturated carbocycles. The van der Waals surface area contributed by atoms with Gasteiger partial charge in [0.15, 0.2) is 5.65 Å². The number of rotatable bonds is 5. The molecule has 1 aromatic carbocycles. The van der Waals surface area contributed by atoms with Gasteiger partial charge in [-0.1, -0.05) is 19.9 Å². The molecule has 0 radical (unpaired) electrons. The fraction of sp³-hybridized carbons (Fsp3) is 0.333. The van der Waals surface area contributed by atoms with Gasteiger partial charge in [0.1, 0.15) is 0 Å². The molecule has 1 aliphatic rings. The van der Waals surface area contributed by atoms with Gasteiger partial charge in [0.25, 0.3) is 0 Å². The number of pyridine rings is 1. The number of H-pyrrole nitrogens is 3. The highest BCUT2D eigenvalue weighted by molar-refractivity contribution is 5.98. The van der Waals surface area contributed by atoms with E-state index in [0.29, 0.717) is 18.3 Å². The van der Waals surface area contributed by atoms with E-state index in [1.54, 1.807) is 12.5 Å². The average Bonchev–Trinajstić information content (AvgIpc) is 3.62. The first-order valence-corrected chi connectivity index (χ1v) is 12.3. The summed E-state index contributed by atoms with van der Waals surface area (Å²) in [5.41, 5.74) is 7.75. The Morgan fingerprint density at radius 3 is 2.77 bits per heavy atom.